The summed E-state index contributed by atoms with van der Waals surface area (Å²) in [4.78, 5) is 2.43. The first-order valence-electron chi connectivity index (χ1n) is 6.14. The Hall–Kier alpha value is -1.62. The summed E-state index contributed by atoms with van der Waals surface area (Å²) in [5.41, 5.74) is 7.41. The molecule has 0 aromatic carbocycles. The molecule has 2 aromatic rings. The van der Waals surface area contributed by atoms with E-state index in [1.807, 2.05) is 22.7 Å². The standard InChI is InChI=1S/C12H17N5/c13-10-4-5-11-14-15-12(17(11)8-10)9-16-6-2-1-3-7-16/h4-5,8H,1-3,6-7,9,13H2. The number of nitrogen functional groups attached to an aromatic ring is 1. The van der Waals surface area contributed by atoms with Gasteiger partial charge in [0.05, 0.1) is 6.54 Å². The van der Waals surface area contributed by atoms with Gasteiger partial charge in [0, 0.05) is 11.9 Å². The molecule has 5 nitrogen and oxygen atoms in total. The Morgan fingerprint density at radius 1 is 1.12 bits per heavy atom. The molecule has 2 N–H and O–H groups in total. The zero-order chi connectivity index (χ0) is 11.7. The number of nitrogens with two attached hydrogens (primary N) is 1. The Morgan fingerprint density at radius 2 is 1.94 bits per heavy atom. The van der Waals surface area contributed by atoms with Crippen LogP contribution in [0.15, 0.2) is 18.3 Å². The number of anilines is 1. The number of rotatable bonds is 2. The molecule has 1 saturated heterocycles. The highest BCUT2D eigenvalue weighted by molar-refractivity contribution is 5.47. The summed E-state index contributed by atoms with van der Waals surface area (Å²) in [6, 6.07) is 3.76. The van der Waals surface area contributed by atoms with Gasteiger partial charge in [0.25, 0.3) is 0 Å². The van der Waals surface area contributed by atoms with Gasteiger partial charge in [0.15, 0.2) is 11.5 Å². The van der Waals surface area contributed by atoms with Crippen LogP contribution >= 0.6 is 0 Å². The largest absolute Gasteiger partial charge is 0.398 e. The molecule has 2 aromatic heterocycles. The molecular formula is C12H17N5. The third kappa shape index (κ3) is 2.10. The van der Waals surface area contributed by atoms with Crippen molar-refractivity contribution in [2.45, 2.75) is 25.8 Å². The fraction of sp³-hybridized carbons (Fsp3) is 0.500. The molecule has 0 spiro atoms. The molecule has 0 saturated carbocycles. The summed E-state index contributed by atoms with van der Waals surface area (Å²) >= 11 is 0. The highest BCUT2D eigenvalue weighted by Gasteiger charge is 2.14. The van der Waals surface area contributed by atoms with E-state index in [-0.39, 0.29) is 0 Å². The molecule has 5 heteroatoms. The maximum Gasteiger partial charge on any atom is 0.160 e. The summed E-state index contributed by atoms with van der Waals surface area (Å²) in [5.74, 6) is 0.981. The third-order valence-corrected chi connectivity index (χ3v) is 3.31. The minimum atomic E-state index is 0.747. The zero-order valence-electron chi connectivity index (χ0n) is 9.84. The van der Waals surface area contributed by atoms with E-state index in [1.54, 1.807) is 0 Å². The lowest BCUT2D eigenvalue weighted by molar-refractivity contribution is 0.215. The number of nitrogens with zero attached hydrogens (tertiary/aromatic N) is 4. The summed E-state index contributed by atoms with van der Waals surface area (Å²) in [7, 11) is 0. The second kappa shape index (κ2) is 4.33. The molecule has 3 heterocycles. The predicted molar refractivity (Wildman–Crippen MR) is 66.5 cm³/mol. The second-order valence-corrected chi connectivity index (χ2v) is 4.64. The molecule has 1 aliphatic heterocycles. The number of hydrogen-bond acceptors (Lipinski definition) is 4. The number of fused-ring (bicyclic) bond motifs is 1. The van der Waals surface area contributed by atoms with Crippen LogP contribution < -0.4 is 5.73 Å². The monoisotopic (exact) mass is 231 g/mol. The van der Waals surface area contributed by atoms with Crippen molar-refractivity contribution in [2.24, 2.45) is 0 Å². The second-order valence-electron chi connectivity index (χ2n) is 4.64. The molecule has 17 heavy (non-hydrogen) atoms. The summed E-state index contributed by atoms with van der Waals surface area (Å²) < 4.78 is 1.99. The van der Waals surface area contributed by atoms with Crippen molar-refractivity contribution >= 4 is 11.3 Å². The lowest BCUT2D eigenvalue weighted by atomic mass is 10.1. The highest BCUT2D eigenvalue weighted by Crippen LogP contribution is 2.14. The van der Waals surface area contributed by atoms with E-state index >= 15 is 0 Å². The minimum absolute atomic E-state index is 0.747. The van der Waals surface area contributed by atoms with Gasteiger partial charge in [-0.1, -0.05) is 6.42 Å². The molecule has 0 radical (unpaired) electrons. The first kappa shape index (κ1) is 10.5. The lowest BCUT2D eigenvalue weighted by Gasteiger charge is -2.25. The first-order chi connectivity index (χ1) is 8.33. The van der Waals surface area contributed by atoms with Crippen molar-refractivity contribution in [1.29, 1.82) is 0 Å². The Morgan fingerprint density at radius 3 is 2.76 bits per heavy atom. The van der Waals surface area contributed by atoms with Crippen LogP contribution in [-0.4, -0.2) is 32.6 Å². The number of hydrogen-bond donors (Lipinski definition) is 1. The Bertz CT molecular complexity index is 513. The first-order valence-corrected chi connectivity index (χ1v) is 6.14. The zero-order valence-corrected chi connectivity index (χ0v) is 9.84. The van der Waals surface area contributed by atoms with Gasteiger partial charge in [0.1, 0.15) is 0 Å². The fourth-order valence-corrected chi connectivity index (χ4v) is 2.38. The van der Waals surface area contributed by atoms with E-state index in [0.717, 1.165) is 36.8 Å². The molecule has 90 valence electrons. The Labute approximate surface area is 100 Å². The minimum Gasteiger partial charge on any atom is -0.398 e. The van der Waals surface area contributed by atoms with Gasteiger partial charge in [-0.3, -0.25) is 9.30 Å². The lowest BCUT2D eigenvalue weighted by Crippen LogP contribution is -2.29. The van der Waals surface area contributed by atoms with Crippen molar-refractivity contribution in [3.05, 3.63) is 24.2 Å². The van der Waals surface area contributed by atoms with Crippen molar-refractivity contribution in [3.8, 4) is 0 Å². The van der Waals surface area contributed by atoms with Crippen LogP contribution in [0.4, 0.5) is 5.69 Å². The van der Waals surface area contributed by atoms with Gasteiger partial charge in [-0.05, 0) is 38.1 Å². The number of piperidine rings is 1. The average Bonchev–Trinajstić information content (AvgIpc) is 2.73. The molecule has 0 amide bonds. The van der Waals surface area contributed by atoms with Crippen LogP contribution in [0.5, 0.6) is 0 Å². The molecule has 1 fully saturated rings. The molecular weight excluding hydrogens is 214 g/mol. The molecule has 0 unspecified atom stereocenters. The quantitative estimate of drug-likeness (QED) is 0.846. The van der Waals surface area contributed by atoms with Gasteiger partial charge in [-0.15, -0.1) is 10.2 Å². The Balaban J connectivity index is 1.86. The number of pyridine rings is 1. The maximum atomic E-state index is 5.80. The SMILES string of the molecule is Nc1ccc2nnc(CN3CCCCC3)n2c1. The van der Waals surface area contributed by atoms with Crippen LogP contribution in [-0.2, 0) is 6.54 Å². The summed E-state index contributed by atoms with van der Waals surface area (Å²) in [6.07, 6.45) is 5.83. The van der Waals surface area contributed by atoms with Crippen molar-refractivity contribution in [3.63, 3.8) is 0 Å². The van der Waals surface area contributed by atoms with Crippen LogP contribution in [0.25, 0.3) is 5.65 Å². The van der Waals surface area contributed by atoms with Gasteiger partial charge >= 0.3 is 0 Å². The smallest absolute Gasteiger partial charge is 0.160 e. The van der Waals surface area contributed by atoms with Crippen molar-refractivity contribution in [2.75, 3.05) is 18.8 Å². The van der Waals surface area contributed by atoms with Gasteiger partial charge in [-0.25, -0.2) is 0 Å². The van der Waals surface area contributed by atoms with Gasteiger partial charge < -0.3 is 5.73 Å². The molecule has 3 rings (SSSR count). The van der Waals surface area contributed by atoms with Crippen LogP contribution in [0.2, 0.25) is 0 Å². The van der Waals surface area contributed by atoms with Crippen LogP contribution in [0.1, 0.15) is 25.1 Å². The van der Waals surface area contributed by atoms with E-state index < -0.39 is 0 Å². The van der Waals surface area contributed by atoms with Crippen LogP contribution in [0, 0.1) is 0 Å². The van der Waals surface area contributed by atoms with Crippen molar-refractivity contribution < 1.29 is 0 Å². The molecule has 0 aliphatic carbocycles. The fourth-order valence-electron chi connectivity index (χ4n) is 2.38. The third-order valence-electron chi connectivity index (χ3n) is 3.31. The van der Waals surface area contributed by atoms with Gasteiger partial charge in [0.2, 0.25) is 0 Å². The van der Waals surface area contributed by atoms with Gasteiger partial charge in [-0.2, -0.15) is 0 Å². The van der Waals surface area contributed by atoms with Crippen molar-refractivity contribution in [1.82, 2.24) is 19.5 Å². The number of aromatic nitrogens is 3. The summed E-state index contributed by atoms with van der Waals surface area (Å²) in [6.45, 7) is 3.19. The predicted octanol–water partition coefficient (Wildman–Crippen LogP) is 1.30. The normalized spacial score (nSPS) is 17.6. The topological polar surface area (TPSA) is 59.5 Å². The van der Waals surface area contributed by atoms with E-state index in [9.17, 15) is 0 Å². The van der Waals surface area contributed by atoms with E-state index in [0.29, 0.717) is 0 Å². The molecule has 0 atom stereocenters. The summed E-state index contributed by atoms with van der Waals surface area (Å²) in [5, 5.41) is 8.40. The maximum absolute atomic E-state index is 5.80. The molecule has 0 bridgehead atoms. The van der Waals surface area contributed by atoms with E-state index in [4.69, 9.17) is 5.73 Å². The Kier molecular flexibility index (Phi) is 2.68. The average molecular weight is 231 g/mol. The number of likely N-dealkylation sites (tertiary alicyclic amines) is 1. The highest BCUT2D eigenvalue weighted by atomic mass is 15.3. The molecule has 1 aliphatic rings. The van der Waals surface area contributed by atoms with E-state index in [1.165, 1.54) is 19.3 Å². The van der Waals surface area contributed by atoms with Crippen LogP contribution in [0.3, 0.4) is 0 Å². The van der Waals surface area contributed by atoms with E-state index in [2.05, 4.69) is 15.1 Å².